The van der Waals surface area contributed by atoms with Gasteiger partial charge in [0.1, 0.15) is 12.4 Å². The molecule has 0 saturated carbocycles. The van der Waals surface area contributed by atoms with Gasteiger partial charge in [-0.2, -0.15) is 0 Å². The van der Waals surface area contributed by atoms with Crippen LogP contribution in [-0.4, -0.2) is 32.3 Å². The van der Waals surface area contributed by atoms with Crippen LogP contribution in [0.25, 0.3) is 0 Å². The van der Waals surface area contributed by atoms with Crippen LogP contribution in [-0.2, 0) is 4.74 Å². The zero-order chi connectivity index (χ0) is 18.2. The van der Waals surface area contributed by atoms with Crippen molar-refractivity contribution >= 4 is 40.9 Å². The van der Waals surface area contributed by atoms with E-state index in [1.165, 1.54) is 25.3 Å². The summed E-state index contributed by atoms with van der Waals surface area (Å²) < 4.78 is 10.1. The molecule has 2 rings (SSSR count). The maximum atomic E-state index is 11.9. The number of urea groups is 1. The SMILES string of the molecule is COC(=O)c1ccc(Cl)c(NC(=O)NCCOc2cccc(Cl)c2)c1. The second-order valence-electron chi connectivity index (χ2n) is 4.87. The maximum absolute atomic E-state index is 11.9. The summed E-state index contributed by atoms with van der Waals surface area (Å²) in [6, 6.07) is 10.9. The molecule has 6 nitrogen and oxygen atoms in total. The van der Waals surface area contributed by atoms with Gasteiger partial charge in [0, 0.05) is 5.02 Å². The van der Waals surface area contributed by atoms with Crippen LogP contribution in [0.1, 0.15) is 10.4 Å². The minimum Gasteiger partial charge on any atom is -0.492 e. The average molecular weight is 383 g/mol. The second-order valence-corrected chi connectivity index (χ2v) is 5.72. The van der Waals surface area contributed by atoms with Crippen LogP contribution in [0.5, 0.6) is 5.75 Å². The predicted octanol–water partition coefficient (Wildman–Crippen LogP) is 3.98. The van der Waals surface area contributed by atoms with Gasteiger partial charge in [-0.15, -0.1) is 0 Å². The monoisotopic (exact) mass is 382 g/mol. The molecule has 0 heterocycles. The number of carbonyl (C=O) groups excluding carboxylic acids is 2. The predicted molar refractivity (Wildman–Crippen MR) is 96.8 cm³/mol. The van der Waals surface area contributed by atoms with Crippen molar-refractivity contribution < 1.29 is 19.1 Å². The summed E-state index contributed by atoms with van der Waals surface area (Å²) in [5, 5.41) is 6.07. The molecule has 2 amide bonds. The average Bonchev–Trinajstić information content (AvgIpc) is 2.60. The molecule has 0 aliphatic rings. The molecule has 0 spiro atoms. The van der Waals surface area contributed by atoms with Crippen molar-refractivity contribution in [3.8, 4) is 5.75 Å². The number of halogens is 2. The van der Waals surface area contributed by atoms with Gasteiger partial charge in [0.25, 0.3) is 0 Å². The Hall–Kier alpha value is -2.44. The fraction of sp³-hybridized carbons (Fsp3) is 0.176. The maximum Gasteiger partial charge on any atom is 0.337 e. The van der Waals surface area contributed by atoms with Gasteiger partial charge in [-0.05, 0) is 36.4 Å². The van der Waals surface area contributed by atoms with Gasteiger partial charge in [-0.1, -0.05) is 29.3 Å². The van der Waals surface area contributed by atoms with E-state index in [2.05, 4.69) is 15.4 Å². The number of benzene rings is 2. The van der Waals surface area contributed by atoms with Gasteiger partial charge in [0.15, 0.2) is 0 Å². The Morgan fingerprint density at radius 1 is 1.12 bits per heavy atom. The van der Waals surface area contributed by atoms with Crippen molar-refractivity contribution in [2.75, 3.05) is 25.6 Å². The molecule has 0 unspecified atom stereocenters. The highest BCUT2D eigenvalue weighted by Gasteiger charge is 2.11. The van der Waals surface area contributed by atoms with E-state index in [0.29, 0.717) is 21.5 Å². The Bertz CT molecular complexity index is 768. The zero-order valence-electron chi connectivity index (χ0n) is 13.3. The van der Waals surface area contributed by atoms with Gasteiger partial charge in [0.2, 0.25) is 0 Å². The van der Waals surface area contributed by atoms with Crippen LogP contribution in [0.4, 0.5) is 10.5 Å². The standard InChI is InChI=1S/C17H16Cl2N2O4/c1-24-16(22)11-5-6-14(19)15(9-11)21-17(23)20-7-8-25-13-4-2-3-12(18)10-13/h2-6,9-10H,7-8H2,1H3,(H2,20,21,23). The summed E-state index contributed by atoms with van der Waals surface area (Å²) in [5.74, 6) is 0.0959. The number of nitrogens with one attached hydrogen (secondary N) is 2. The minimum atomic E-state index is -0.518. The van der Waals surface area contributed by atoms with Gasteiger partial charge < -0.3 is 20.1 Å². The van der Waals surface area contributed by atoms with E-state index in [0.717, 1.165) is 0 Å². The molecular formula is C17H16Cl2N2O4. The minimum absolute atomic E-state index is 0.268. The van der Waals surface area contributed by atoms with Crippen molar-refractivity contribution in [2.24, 2.45) is 0 Å². The third kappa shape index (κ3) is 5.85. The Morgan fingerprint density at radius 2 is 1.92 bits per heavy atom. The highest BCUT2D eigenvalue weighted by Crippen LogP contribution is 2.23. The molecule has 2 N–H and O–H groups in total. The lowest BCUT2D eigenvalue weighted by atomic mass is 10.2. The largest absolute Gasteiger partial charge is 0.492 e. The van der Waals surface area contributed by atoms with Crippen molar-refractivity contribution in [2.45, 2.75) is 0 Å². The summed E-state index contributed by atoms with van der Waals surface area (Å²) in [5.41, 5.74) is 0.587. The Balaban J connectivity index is 1.83. The molecule has 0 bridgehead atoms. The van der Waals surface area contributed by atoms with E-state index >= 15 is 0 Å². The Morgan fingerprint density at radius 3 is 2.64 bits per heavy atom. The molecule has 0 radical (unpaired) electrons. The molecule has 25 heavy (non-hydrogen) atoms. The molecular weight excluding hydrogens is 367 g/mol. The van der Waals surface area contributed by atoms with E-state index in [1.807, 2.05) is 0 Å². The quantitative estimate of drug-likeness (QED) is 0.585. The number of rotatable bonds is 6. The number of carbonyl (C=O) groups is 2. The number of ether oxygens (including phenoxy) is 2. The molecule has 0 saturated heterocycles. The van der Waals surface area contributed by atoms with Crippen LogP contribution < -0.4 is 15.4 Å². The molecule has 2 aromatic carbocycles. The Kier molecular flexibility index (Phi) is 6.91. The first-order chi connectivity index (χ1) is 12.0. The molecule has 132 valence electrons. The zero-order valence-corrected chi connectivity index (χ0v) is 14.9. The van der Waals surface area contributed by atoms with Crippen LogP contribution in [0.15, 0.2) is 42.5 Å². The fourth-order valence-electron chi connectivity index (χ4n) is 1.92. The van der Waals surface area contributed by atoms with Crippen molar-refractivity contribution in [1.29, 1.82) is 0 Å². The van der Waals surface area contributed by atoms with Gasteiger partial charge in [-0.25, -0.2) is 9.59 Å². The van der Waals surface area contributed by atoms with Gasteiger partial charge in [-0.3, -0.25) is 0 Å². The van der Waals surface area contributed by atoms with Crippen LogP contribution in [0, 0.1) is 0 Å². The van der Waals surface area contributed by atoms with Crippen LogP contribution in [0.3, 0.4) is 0 Å². The highest BCUT2D eigenvalue weighted by molar-refractivity contribution is 6.33. The van der Waals surface area contributed by atoms with E-state index < -0.39 is 12.0 Å². The van der Waals surface area contributed by atoms with E-state index in [1.54, 1.807) is 24.3 Å². The normalized spacial score (nSPS) is 10.0. The van der Waals surface area contributed by atoms with Crippen LogP contribution in [0.2, 0.25) is 10.0 Å². The summed E-state index contributed by atoms with van der Waals surface area (Å²) in [6.45, 7) is 0.538. The first-order valence-electron chi connectivity index (χ1n) is 7.30. The molecule has 0 aliphatic carbocycles. The van der Waals surface area contributed by atoms with Crippen molar-refractivity contribution in [1.82, 2.24) is 5.32 Å². The number of hydrogen-bond acceptors (Lipinski definition) is 4. The number of hydrogen-bond donors (Lipinski definition) is 2. The molecule has 8 heteroatoms. The molecule has 0 aliphatic heterocycles. The summed E-state index contributed by atoms with van der Waals surface area (Å²) >= 11 is 11.9. The molecule has 2 aromatic rings. The fourth-order valence-corrected chi connectivity index (χ4v) is 2.27. The molecule has 0 atom stereocenters. The topological polar surface area (TPSA) is 76.7 Å². The smallest absolute Gasteiger partial charge is 0.337 e. The van der Waals surface area contributed by atoms with Crippen molar-refractivity contribution in [3.63, 3.8) is 0 Å². The summed E-state index contributed by atoms with van der Waals surface area (Å²) in [4.78, 5) is 23.4. The number of esters is 1. The Labute approximate surface area is 155 Å². The highest BCUT2D eigenvalue weighted by atomic mass is 35.5. The lowest BCUT2D eigenvalue weighted by molar-refractivity contribution is 0.0600. The first kappa shape index (κ1) is 18.9. The van der Waals surface area contributed by atoms with E-state index in [-0.39, 0.29) is 18.7 Å². The molecule has 0 fully saturated rings. The lowest BCUT2D eigenvalue weighted by Crippen LogP contribution is -2.32. The van der Waals surface area contributed by atoms with Crippen molar-refractivity contribution in [3.05, 3.63) is 58.1 Å². The van der Waals surface area contributed by atoms with Crippen LogP contribution >= 0.6 is 23.2 Å². The summed E-state index contributed by atoms with van der Waals surface area (Å²) in [6.07, 6.45) is 0. The number of amides is 2. The third-order valence-corrected chi connectivity index (χ3v) is 3.65. The van der Waals surface area contributed by atoms with Gasteiger partial charge in [0.05, 0.1) is 29.9 Å². The van der Waals surface area contributed by atoms with E-state index in [9.17, 15) is 9.59 Å². The summed E-state index contributed by atoms with van der Waals surface area (Å²) in [7, 11) is 1.27. The van der Waals surface area contributed by atoms with E-state index in [4.69, 9.17) is 27.9 Å². The molecule has 0 aromatic heterocycles. The number of methoxy groups -OCH3 is 1. The third-order valence-electron chi connectivity index (χ3n) is 3.09. The second kappa shape index (κ2) is 9.15. The number of anilines is 1. The lowest BCUT2D eigenvalue weighted by Gasteiger charge is -2.11. The first-order valence-corrected chi connectivity index (χ1v) is 8.06. The van der Waals surface area contributed by atoms with Gasteiger partial charge >= 0.3 is 12.0 Å².